The molecule has 0 spiro atoms. The second kappa shape index (κ2) is 8.11. The van der Waals surface area contributed by atoms with Crippen LogP contribution in [0.2, 0.25) is 0 Å². The number of para-hydroxylation sites is 1. The van der Waals surface area contributed by atoms with Crippen LogP contribution < -0.4 is 5.32 Å². The maximum atomic E-state index is 13.0. The number of nitrogens with one attached hydrogen (secondary N) is 1. The molecule has 0 aliphatic rings. The van der Waals surface area contributed by atoms with E-state index in [1.807, 2.05) is 32.9 Å². The van der Waals surface area contributed by atoms with Gasteiger partial charge in [0.1, 0.15) is 0 Å². The third-order valence-electron chi connectivity index (χ3n) is 5.29. The summed E-state index contributed by atoms with van der Waals surface area (Å²) in [6.45, 7) is 10.3. The van der Waals surface area contributed by atoms with E-state index in [0.717, 1.165) is 38.7 Å². The molecule has 1 N–H and O–H groups in total. The van der Waals surface area contributed by atoms with Crippen LogP contribution in [0.25, 0.3) is 16.6 Å². The lowest BCUT2D eigenvalue weighted by atomic mass is 10.1. The first kappa shape index (κ1) is 20.4. The standard InChI is InChI=1S/C24H26N4OS/c1-6-20(23(29)25-18-11-14(2)10-15(3)12-18)30-24-27-26-21-13-17(5)19-9-7-8-16(4)22(19)28(21)24/h7-13,20H,6H2,1-5H3,(H,25,29). The quantitative estimate of drug-likeness (QED) is 0.427. The fraction of sp³-hybridized carbons (Fsp3) is 0.292. The smallest absolute Gasteiger partial charge is 0.237 e. The van der Waals surface area contributed by atoms with E-state index in [-0.39, 0.29) is 11.2 Å². The number of aromatic nitrogens is 3. The lowest BCUT2D eigenvalue weighted by molar-refractivity contribution is -0.115. The van der Waals surface area contributed by atoms with Gasteiger partial charge in [-0.25, -0.2) is 0 Å². The van der Waals surface area contributed by atoms with Gasteiger partial charge in [-0.3, -0.25) is 9.20 Å². The normalized spacial score (nSPS) is 12.4. The fourth-order valence-corrected chi connectivity index (χ4v) is 4.89. The van der Waals surface area contributed by atoms with Crippen molar-refractivity contribution in [2.24, 2.45) is 0 Å². The van der Waals surface area contributed by atoms with E-state index in [1.165, 1.54) is 22.7 Å². The maximum Gasteiger partial charge on any atom is 0.237 e. The highest BCUT2D eigenvalue weighted by Gasteiger charge is 2.22. The van der Waals surface area contributed by atoms with Gasteiger partial charge in [0.15, 0.2) is 10.8 Å². The summed E-state index contributed by atoms with van der Waals surface area (Å²) in [5, 5.41) is 13.5. The molecule has 1 atom stereocenters. The maximum absolute atomic E-state index is 13.0. The summed E-state index contributed by atoms with van der Waals surface area (Å²) in [6.07, 6.45) is 0.693. The Morgan fingerprint density at radius 1 is 1.03 bits per heavy atom. The summed E-state index contributed by atoms with van der Waals surface area (Å²) < 4.78 is 2.08. The van der Waals surface area contributed by atoms with E-state index in [2.05, 4.69) is 64.1 Å². The predicted molar refractivity (Wildman–Crippen MR) is 124 cm³/mol. The Kier molecular flexibility index (Phi) is 5.52. The second-order valence-corrected chi connectivity index (χ2v) is 9.02. The number of aryl methyl sites for hydroxylation is 4. The number of amides is 1. The van der Waals surface area contributed by atoms with E-state index >= 15 is 0 Å². The van der Waals surface area contributed by atoms with Crippen molar-refractivity contribution < 1.29 is 4.79 Å². The minimum atomic E-state index is -0.265. The number of nitrogens with zero attached hydrogens (tertiary/aromatic N) is 3. The van der Waals surface area contributed by atoms with Gasteiger partial charge in [-0.15, -0.1) is 10.2 Å². The van der Waals surface area contributed by atoms with Gasteiger partial charge in [-0.1, -0.05) is 43.0 Å². The summed E-state index contributed by atoms with van der Waals surface area (Å²) in [7, 11) is 0. The monoisotopic (exact) mass is 418 g/mol. The van der Waals surface area contributed by atoms with Gasteiger partial charge in [0.25, 0.3) is 0 Å². The molecule has 30 heavy (non-hydrogen) atoms. The molecule has 0 saturated heterocycles. The predicted octanol–water partition coefficient (Wildman–Crippen LogP) is 5.63. The number of fused-ring (bicyclic) bond motifs is 3. The summed E-state index contributed by atoms with van der Waals surface area (Å²) in [6, 6.07) is 14.4. The number of carbonyl (C=O) groups is 1. The van der Waals surface area contributed by atoms with Crippen LogP contribution in [-0.4, -0.2) is 25.8 Å². The van der Waals surface area contributed by atoms with E-state index < -0.39 is 0 Å². The van der Waals surface area contributed by atoms with Crippen molar-refractivity contribution in [1.29, 1.82) is 0 Å². The number of hydrogen-bond acceptors (Lipinski definition) is 4. The van der Waals surface area contributed by atoms with Gasteiger partial charge in [-0.05, 0) is 74.6 Å². The highest BCUT2D eigenvalue weighted by Crippen LogP contribution is 2.31. The van der Waals surface area contributed by atoms with Crippen LogP contribution >= 0.6 is 11.8 Å². The average Bonchev–Trinajstić information content (AvgIpc) is 3.07. The largest absolute Gasteiger partial charge is 0.325 e. The molecule has 0 fully saturated rings. The lowest BCUT2D eigenvalue weighted by Gasteiger charge is -2.15. The van der Waals surface area contributed by atoms with Gasteiger partial charge < -0.3 is 5.32 Å². The summed E-state index contributed by atoms with van der Waals surface area (Å²) in [5.41, 5.74) is 7.34. The minimum absolute atomic E-state index is 0.0163. The lowest BCUT2D eigenvalue weighted by Crippen LogP contribution is -2.25. The first-order valence-electron chi connectivity index (χ1n) is 10.2. The number of carbonyl (C=O) groups excluding carboxylic acids is 1. The second-order valence-electron chi connectivity index (χ2n) is 7.85. The van der Waals surface area contributed by atoms with Crippen molar-refractivity contribution >= 4 is 39.9 Å². The highest BCUT2D eigenvalue weighted by atomic mass is 32.2. The highest BCUT2D eigenvalue weighted by molar-refractivity contribution is 8.00. The molecular weight excluding hydrogens is 392 g/mol. The van der Waals surface area contributed by atoms with Gasteiger partial charge in [0.05, 0.1) is 10.8 Å². The van der Waals surface area contributed by atoms with E-state index in [4.69, 9.17) is 0 Å². The van der Waals surface area contributed by atoms with Crippen molar-refractivity contribution in [3.63, 3.8) is 0 Å². The molecule has 0 aliphatic heterocycles. The van der Waals surface area contributed by atoms with Gasteiger partial charge in [0.2, 0.25) is 5.91 Å². The zero-order valence-electron chi connectivity index (χ0n) is 18.0. The van der Waals surface area contributed by atoms with Gasteiger partial charge in [-0.2, -0.15) is 0 Å². The van der Waals surface area contributed by atoms with Crippen molar-refractivity contribution in [3.05, 3.63) is 64.7 Å². The van der Waals surface area contributed by atoms with Gasteiger partial charge >= 0.3 is 0 Å². The number of rotatable bonds is 5. The third kappa shape index (κ3) is 3.79. The van der Waals surface area contributed by atoms with Crippen LogP contribution in [0, 0.1) is 27.7 Å². The molecule has 1 unspecified atom stereocenters. The molecule has 2 aromatic heterocycles. The van der Waals surface area contributed by atoms with Crippen molar-refractivity contribution in [1.82, 2.24) is 14.6 Å². The minimum Gasteiger partial charge on any atom is -0.325 e. The van der Waals surface area contributed by atoms with Crippen LogP contribution in [0.3, 0.4) is 0 Å². The molecule has 0 aliphatic carbocycles. The summed E-state index contributed by atoms with van der Waals surface area (Å²) >= 11 is 1.47. The zero-order chi connectivity index (χ0) is 21.4. The van der Waals surface area contributed by atoms with Gasteiger partial charge in [0, 0.05) is 11.1 Å². The summed E-state index contributed by atoms with van der Waals surface area (Å²) in [5.74, 6) is -0.0163. The molecule has 0 bridgehead atoms. The topological polar surface area (TPSA) is 59.3 Å². The van der Waals surface area contributed by atoms with E-state index in [0.29, 0.717) is 6.42 Å². The first-order chi connectivity index (χ1) is 14.4. The Hall–Kier alpha value is -2.86. The SMILES string of the molecule is CCC(Sc1nnc2cc(C)c3cccc(C)c3n12)C(=O)Nc1cc(C)cc(C)c1. The molecule has 2 heterocycles. The Labute approximate surface area is 180 Å². The molecule has 5 nitrogen and oxygen atoms in total. The van der Waals surface area contributed by atoms with Crippen LogP contribution in [0.4, 0.5) is 5.69 Å². The molecule has 6 heteroatoms. The van der Waals surface area contributed by atoms with Crippen LogP contribution in [0.1, 0.15) is 35.6 Å². The van der Waals surface area contributed by atoms with E-state index in [9.17, 15) is 4.79 Å². The molecule has 1 amide bonds. The Morgan fingerprint density at radius 2 is 1.77 bits per heavy atom. The van der Waals surface area contributed by atoms with Crippen LogP contribution in [-0.2, 0) is 4.79 Å². The Balaban J connectivity index is 1.69. The summed E-state index contributed by atoms with van der Waals surface area (Å²) in [4.78, 5) is 13.0. The average molecular weight is 419 g/mol. The fourth-order valence-electron chi connectivity index (χ4n) is 3.93. The van der Waals surface area contributed by atoms with Crippen molar-refractivity contribution in [3.8, 4) is 0 Å². The number of hydrogen-bond donors (Lipinski definition) is 1. The third-order valence-corrected chi connectivity index (χ3v) is 6.60. The first-order valence-corrected chi connectivity index (χ1v) is 11.0. The number of pyridine rings is 1. The molecule has 0 radical (unpaired) electrons. The Bertz CT molecular complexity index is 1240. The van der Waals surface area contributed by atoms with Crippen molar-refractivity contribution in [2.45, 2.75) is 51.4 Å². The molecule has 154 valence electrons. The number of thioether (sulfide) groups is 1. The Morgan fingerprint density at radius 3 is 2.47 bits per heavy atom. The van der Waals surface area contributed by atoms with Crippen LogP contribution in [0.15, 0.2) is 47.6 Å². The number of anilines is 1. The van der Waals surface area contributed by atoms with E-state index in [1.54, 1.807) is 0 Å². The molecule has 4 rings (SSSR count). The molecule has 0 saturated carbocycles. The molecular formula is C24H26N4OS. The van der Waals surface area contributed by atoms with Crippen molar-refractivity contribution in [2.75, 3.05) is 5.32 Å². The zero-order valence-corrected chi connectivity index (χ0v) is 18.8. The molecule has 4 aromatic rings. The number of benzene rings is 2. The van der Waals surface area contributed by atoms with Crippen LogP contribution in [0.5, 0.6) is 0 Å². The molecule has 2 aromatic carbocycles.